The zero-order chi connectivity index (χ0) is 14.6. The molecule has 8 heteroatoms. The van der Waals surface area contributed by atoms with Gasteiger partial charge in [-0.15, -0.1) is 22.7 Å². The lowest BCUT2D eigenvalue weighted by Crippen LogP contribution is -2.25. The molecule has 0 saturated carbocycles. The van der Waals surface area contributed by atoms with Crippen LogP contribution in [0.2, 0.25) is 0 Å². The van der Waals surface area contributed by atoms with Gasteiger partial charge in [0.25, 0.3) is 0 Å². The lowest BCUT2D eigenvalue weighted by Gasteiger charge is -2.03. The maximum Gasteiger partial charge on any atom is 0.250 e. The van der Waals surface area contributed by atoms with Crippen molar-refractivity contribution in [2.75, 3.05) is 13.6 Å². The topological polar surface area (TPSA) is 71.1 Å². The van der Waals surface area contributed by atoms with Crippen molar-refractivity contribution in [3.63, 3.8) is 0 Å². The van der Waals surface area contributed by atoms with E-state index in [4.69, 9.17) is 0 Å². The second kappa shape index (κ2) is 6.77. The smallest absolute Gasteiger partial charge is 0.250 e. The Bertz CT molecular complexity index is 648. The van der Waals surface area contributed by atoms with E-state index in [1.54, 1.807) is 12.3 Å². The number of aromatic nitrogens is 1. The van der Waals surface area contributed by atoms with Crippen LogP contribution < -0.4 is 10.0 Å². The predicted octanol–water partition coefficient (Wildman–Crippen LogP) is 1.75. The molecule has 0 aliphatic carbocycles. The van der Waals surface area contributed by atoms with Crippen LogP contribution in [0.15, 0.2) is 21.9 Å². The summed E-state index contributed by atoms with van der Waals surface area (Å²) in [5, 5.41) is 5.86. The van der Waals surface area contributed by atoms with Crippen molar-refractivity contribution in [2.24, 2.45) is 0 Å². The standard InChI is InChI=1S/C12H17N3O2S3/c1-9-7-12(19-10(9)8-13-2)20(16,17)15-4-3-11-14-5-6-18-11/h5-7,13,15H,3-4,8H2,1-2H3. The highest BCUT2D eigenvalue weighted by Gasteiger charge is 2.18. The summed E-state index contributed by atoms with van der Waals surface area (Å²) >= 11 is 2.84. The van der Waals surface area contributed by atoms with E-state index in [9.17, 15) is 8.42 Å². The summed E-state index contributed by atoms with van der Waals surface area (Å²) in [5.41, 5.74) is 1.00. The fraction of sp³-hybridized carbons (Fsp3) is 0.417. The number of nitrogens with zero attached hydrogens (tertiary/aromatic N) is 1. The van der Waals surface area contributed by atoms with Crippen molar-refractivity contribution >= 4 is 32.7 Å². The minimum absolute atomic E-state index is 0.369. The molecule has 0 aliphatic rings. The van der Waals surface area contributed by atoms with Crippen LogP contribution in [-0.2, 0) is 23.0 Å². The Morgan fingerprint density at radius 1 is 1.40 bits per heavy atom. The average Bonchev–Trinajstić information content (AvgIpc) is 3.01. The van der Waals surface area contributed by atoms with Gasteiger partial charge in [-0.1, -0.05) is 0 Å². The fourth-order valence-electron chi connectivity index (χ4n) is 1.70. The maximum atomic E-state index is 12.2. The third-order valence-corrected chi connectivity index (χ3v) is 6.73. The van der Waals surface area contributed by atoms with Crippen molar-refractivity contribution in [1.29, 1.82) is 0 Å². The van der Waals surface area contributed by atoms with Gasteiger partial charge in [-0.2, -0.15) is 0 Å². The molecule has 2 aromatic rings. The second-order valence-electron chi connectivity index (χ2n) is 4.28. The van der Waals surface area contributed by atoms with Gasteiger partial charge in [0.15, 0.2) is 0 Å². The van der Waals surface area contributed by atoms with Gasteiger partial charge in [0, 0.05) is 36.0 Å². The normalized spacial score (nSPS) is 11.9. The van der Waals surface area contributed by atoms with E-state index in [-0.39, 0.29) is 0 Å². The highest BCUT2D eigenvalue weighted by molar-refractivity contribution is 7.91. The molecular formula is C12H17N3O2S3. The monoisotopic (exact) mass is 331 g/mol. The fourth-order valence-corrected chi connectivity index (χ4v) is 4.99. The van der Waals surface area contributed by atoms with E-state index in [1.807, 2.05) is 19.4 Å². The molecule has 0 aliphatic heterocycles. The first-order chi connectivity index (χ1) is 9.53. The Hall–Kier alpha value is -0.800. The molecule has 0 amide bonds. The van der Waals surface area contributed by atoms with Crippen LogP contribution in [-0.4, -0.2) is 27.0 Å². The Morgan fingerprint density at radius 2 is 2.20 bits per heavy atom. The van der Waals surface area contributed by atoms with E-state index in [1.165, 1.54) is 22.7 Å². The van der Waals surface area contributed by atoms with Crippen LogP contribution in [0.25, 0.3) is 0 Å². The van der Waals surface area contributed by atoms with E-state index in [2.05, 4.69) is 15.0 Å². The summed E-state index contributed by atoms with van der Waals surface area (Å²) in [6.45, 7) is 2.98. The first kappa shape index (κ1) is 15.6. The Kier molecular flexibility index (Phi) is 5.28. The van der Waals surface area contributed by atoms with Gasteiger partial charge < -0.3 is 5.32 Å². The molecular weight excluding hydrogens is 314 g/mol. The molecule has 0 bridgehead atoms. The molecule has 2 rings (SSSR count). The van der Waals surface area contributed by atoms with Gasteiger partial charge in [-0.05, 0) is 25.6 Å². The Balaban J connectivity index is 2.00. The molecule has 2 aromatic heterocycles. The molecule has 0 fully saturated rings. The molecule has 0 atom stereocenters. The zero-order valence-electron chi connectivity index (χ0n) is 11.3. The van der Waals surface area contributed by atoms with Gasteiger partial charge in [0.2, 0.25) is 10.0 Å². The summed E-state index contributed by atoms with van der Waals surface area (Å²) in [7, 11) is -1.57. The van der Waals surface area contributed by atoms with E-state index >= 15 is 0 Å². The number of thiophene rings is 1. The van der Waals surface area contributed by atoms with Gasteiger partial charge in [0.1, 0.15) is 4.21 Å². The van der Waals surface area contributed by atoms with Crippen LogP contribution in [0.5, 0.6) is 0 Å². The zero-order valence-corrected chi connectivity index (χ0v) is 13.8. The second-order valence-corrected chi connectivity index (χ2v) is 8.39. The quantitative estimate of drug-likeness (QED) is 0.811. The lowest BCUT2D eigenvalue weighted by atomic mass is 10.3. The number of hydrogen-bond donors (Lipinski definition) is 2. The minimum Gasteiger partial charge on any atom is -0.315 e. The van der Waals surface area contributed by atoms with Crippen molar-refractivity contribution in [2.45, 2.75) is 24.1 Å². The average molecular weight is 331 g/mol. The van der Waals surface area contributed by atoms with Crippen molar-refractivity contribution < 1.29 is 8.42 Å². The van der Waals surface area contributed by atoms with Crippen molar-refractivity contribution in [3.8, 4) is 0 Å². The molecule has 110 valence electrons. The molecule has 0 saturated heterocycles. The van der Waals surface area contributed by atoms with Crippen LogP contribution >= 0.6 is 22.7 Å². The number of hydrogen-bond acceptors (Lipinski definition) is 6. The first-order valence-electron chi connectivity index (χ1n) is 6.15. The van der Waals surface area contributed by atoms with Crippen LogP contribution in [0.1, 0.15) is 15.4 Å². The number of rotatable bonds is 7. The summed E-state index contributed by atoms with van der Waals surface area (Å²) < 4.78 is 27.4. The minimum atomic E-state index is -3.42. The molecule has 5 nitrogen and oxygen atoms in total. The van der Waals surface area contributed by atoms with Crippen LogP contribution in [0.4, 0.5) is 0 Å². The summed E-state index contributed by atoms with van der Waals surface area (Å²) in [6, 6.07) is 1.73. The molecule has 2 heterocycles. The first-order valence-corrected chi connectivity index (χ1v) is 9.33. The highest BCUT2D eigenvalue weighted by atomic mass is 32.2. The van der Waals surface area contributed by atoms with Crippen LogP contribution in [0, 0.1) is 6.92 Å². The molecule has 0 radical (unpaired) electrons. The number of aryl methyl sites for hydroxylation is 1. The van der Waals surface area contributed by atoms with Crippen LogP contribution in [0.3, 0.4) is 0 Å². The molecule has 0 spiro atoms. The number of nitrogens with one attached hydrogen (secondary N) is 2. The van der Waals surface area contributed by atoms with E-state index in [0.29, 0.717) is 23.7 Å². The third kappa shape index (κ3) is 3.86. The third-order valence-electron chi connectivity index (χ3n) is 2.71. The highest BCUT2D eigenvalue weighted by Crippen LogP contribution is 2.25. The lowest BCUT2D eigenvalue weighted by molar-refractivity contribution is 0.583. The predicted molar refractivity (Wildman–Crippen MR) is 82.8 cm³/mol. The number of thiazole rings is 1. The van der Waals surface area contributed by atoms with E-state index < -0.39 is 10.0 Å². The summed E-state index contributed by atoms with van der Waals surface area (Å²) in [4.78, 5) is 5.18. The summed E-state index contributed by atoms with van der Waals surface area (Å²) in [6.07, 6.45) is 2.34. The Labute approximate surface area is 127 Å². The van der Waals surface area contributed by atoms with Gasteiger partial charge in [-0.25, -0.2) is 18.1 Å². The maximum absolute atomic E-state index is 12.2. The molecule has 0 unspecified atom stereocenters. The van der Waals surface area contributed by atoms with Gasteiger partial charge in [-0.3, -0.25) is 0 Å². The molecule has 0 aromatic carbocycles. The Morgan fingerprint density at radius 3 is 2.85 bits per heavy atom. The largest absolute Gasteiger partial charge is 0.315 e. The van der Waals surface area contributed by atoms with Gasteiger partial charge >= 0.3 is 0 Å². The van der Waals surface area contributed by atoms with Crippen molar-refractivity contribution in [3.05, 3.63) is 33.1 Å². The molecule has 2 N–H and O–H groups in total. The van der Waals surface area contributed by atoms with Crippen molar-refractivity contribution in [1.82, 2.24) is 15.0 Å². The summed E-state index contributed by atoms with van der Waals surface area (Å²) in [5.74, 6) is 0. The van der Waals surface area contributed by atoms with E-state index in [0.717, 1.165) is 15.4 Å². The van der Waals surface area contributed by atoms with Gasteiger partial charge in [0.05, 0.1) is 5.01 Å². The molecule has 20 heavy (non-hydrogen) atoms. The number of sulfonamides is 1. The SMILES string of the molecule is CNCc1sc(S(=O)(=O)NCCc2nccs2)cc1C.